The van der Waals surface area contributed by atoms with Crippen LogP contribution < -0.4 is 19.7 Å². The van der Waals surface area contributed by atoms with Gasteiger partial charge in [0.25, 0.3) is 5.91 Å². The molecule has 0 aliphatic carbocycles. The summed E-state index contributed by atoms with van der Waals surface area (Å²) >= 11 is 0. The molecule has 1 aliphatic heterocycles. The third kappa shape index (κ3) is 4.17. The first-order valence-electron chi connectivity index (χ1n) is 8.93. The van der Waals surface area contributed by atoms with Gasteiger partial charge < -0.3 is 24.4 Å². The van der Waals surface area contributed by atoms with E-state index in [1.54, 1.807) is 32.4 Å². The number of carbonyl (C=O) groups excluding carboxylic acids is 1. The largest absolute Gasteiger partial charge is 0.493 e. The van der Waals surface area contributed by atoms with Crippen molar-refractivity contribution in [2.45, 2.75) is 19.4 Å². The van der Waals surface area contributed by atoms with Crippen molar-refractivity contribution in [1.82, 2.24) is 0 Å². The molecule has 0 atom stereocenters. The fourth-order valence-corrected chi connectivity index (χ4v) is 3.24. The van der Waals surface area contributed by atoms with Crippen molar-refractivity contribution in [3.63, 3.8) is 0 Å². The number of carbonyl (C=O) groups is 1. The highest BCUT2D eigenvalue weighted by Gasteiger charge is 2.30. The van der Waals surface area contributed by atoms with E-state index in [0.717, 1.165) is 24.5 Å². The summed E-state index contributed by atoms with van der Waals surface area (Å²) in [6, 6.07) is 13.0. The van der Waals surface area contributed by atoms with E-state index in [-0.39, 0.29) is 11.4 Å². The Balaban J connectivity index is 1.72. The van der Waals surface area contributed by atoms with Gasteiger partial charge in [0, 0.05) is 23.5 Å². The minimum absolute atomic E-state index is 0.0529. The summed E-state index contributed by atoms with van der Waals surface area (Å²) in [5, 5.41) is 2.92. The van der Waals surface area contributed by atoms with Crippen molar-refractivity contribution >= 4 is 17.3 Å². The van der Waals surface area contributed by atoms with Crippen LogP contribution in [0.2, 0.25) is 0 Å². The summed E-state index contributed by atoms with van der Waals surface area (Å²) < 4.78 is 16.0. The molecule has 1 aliphatic rings. The predicted molar refractivity (Wildman–Crippen MR) is 106 cm³/mol. The number of morpholine rings is 1. The van der Waals surface area contributed by atoms with Gasteiger partial charge in [-0.3, -0.25) is 4.79 Å². The summed E-state index contributed by atoms with van der Waals surface area (Å²) in [5.74, 6) is 0.914. The number of anilines is 2. The quantitative estimate of drug-likeness (QED) is 0.872. The molecule has 2 aromatic carbocycles. The standard InChI is InChI=1S/C21H26N2O4/c1-21(2)14-27-12-11-23(21)17-8-6-16(7-9-17)22-20(24)15-5-10-18(25-3)19(13-15)26-4/h5-10,13H,11-12,14H2,1-4H3,(H,22,24). The molecule has 0 aromatic heterocycles. The first-order chi connectivity index (χ1) is 12.9. The van der Waals surface area contributed by atoms with E-state index in [4.69, 9.17) is 14.2 Å². The van der Waals surface area contributed by atoms with Crippen LogP contribution in [-0.2, 0) is 4.74 Å². The maximum Gasteiger partial charge on any atom is 0.255 e. The van der Waals surface area contributed by atoms with Gasteiger partial charge in [-0.15, -0.1) is 0 Å². The number of nitrogens with zero attached hydrogens (tertiary/aromatic N) is 1. The highest BCUT2D eigenvalue weighted by Crippen LogP contribution is 2.29. The van der Waals surface area contributed by atoms with Gasteiger partial charge in [-0.25, -0.2) is 0 Å². The first-order valence-corrected chi connectivity index (χ1v) is 8.93. The van der Waals surface area contributed by atoms with Crippen molar-refractivity contribution in [2.75, 3.05) is 44.2 Å². The molecule has 0 spiro atoms. The predicted octanol–water partition coefficient (Wildman–Crippen LogP) is 3.57. The van der Waals surface area contributed by atoms with Crippen LogP contribution in [0.15, 0.2) is 42.5 Å². The molecule has 144 valence electrons. The third-order valence-electron chi connectivity index (χ3n) is 4.73. The average Bonchev–Trinajstić information content (AvgIpc) is 2.68. The van der Waals surface area contributed by atoms with Crippen LogP contribution in [0.25, 0.3) is 0 Å². The van der Waals surface area contributed by atoms with Crippen LogP contribution in [0.5, 0.6) is 11.5 Å². The minimum atomic E-state index is -0.199. The summed E-state index contributed by atoms with van der Waals surface area (Å²) in [7, 11) is 3.11. The van der Waals surface area contributed by atoms with Gasteiger partial charge >= 0.3 is 0 Å². The van der Waals surface area contributed by atoms with Crippen molar-refractivity contribution in [3.8, 4) is 11.5 Å². The van der Waals surface area contributed by atoms with E-state index in [1.165, 1.54) is 0 Å². The molecule has 0 unspecified atom stereocenters. The Morgan fingerprint density at radius 3 is 2.41 bits per heavy atom. The fourth-order valence-electron chi connectivity index (χ4n) is 3.24. The van der Waals surface area contributed by atoms with Gasteiger partial charge in [0.1, 0.15) is 0 Å². The highest BCUT2D eigenvalue weighted by molar-refractivity contribution is 6.04. The normalized spacial score (nSPS) is 15.9. The molecule has 1 fully saturated rings. The Morgan fingerprint density at radius 2 is 1.78 bits per heavy atom. The lowest BCUT2D eigenvalue weighted by Crippen LogP contribution is -2.53. The van der Waals surface area contributed by atoms with Crippen LogP contribution in [0.4, 0.5) is 11.4 Å². The second kappa shape index (κ2) is 7.88. The zero-order valence-corrected chi connectivity index (χ0v) is 16.2. The highest BCUT2D eigenvalue weighted by atomic mass is 16.5. The van der Waals surface area contributed by atoms with Crippen LogP contribution in [-0.4, -0.2) is 45.4 Å². The van der Waals surface area contributed by atoms with Crippen LogP contribution in [0.3, 0.4) is 0 Å². The molecule has 3 rings (SSSR count). The second-order valence-corrected chi connectivity index (χ2v) is 7.09. The SMILES string of the molecule is COc1ccc(C(=O)Nc2ccc(N3CCOCC3(C)C)cc2)cc1OC. The Morgan fingerprint density at radius 1 is 1.07 bits per heavy atom. The van der Waals surface area contributed by atoms with Gasteiger partial charge in [0.15, 0.2) is 11.5 Å². The molecule has 6 nitrogen and oxygen atoms in total. The van der Waals surface area contributed by atoms with Gasteiger partial charge in [0.05, 0.1) is 33.0 Å². The van der Waals surface area contributed by atoms with Crippen molar-refractivity contribution < 1.29 is 19.0 Å². The third-order valence-corrected chi connectivity index (χ3v) is 4.73. The van der Waals surface area contributed by atoms with Crippen molar-refractivity contribution in [1.29, 1.82) is 0 Å². The van der Waals surface area contributed by atoms with Crippen molar-refractivity contribution in [2.24, 2.45) is 0 Å². The topological polar surface area (TPSA) is 60.0 Å². The number of methoxy groups -OCH3 is 2. The minimum Gasteiger partial charge on any atom is -0.493 e. The summed E-state index contributed by atoms with van der Waals surface area (Å²) in [6.07, 6.45) is 0. The van der Waals surface area contributed by atoms with Crippen molar-refractivity contribution in [3.05, 3.63) is 48.0 Å². The van der Waals surface area contributed by atoms with E-state index in [9.17, 15) is 4.79 Å². The molecular formula is C21H26N2O4. The van der Waals surface area contributed by atoms with Gasteiger partial charge in [-0.05, 0) is 56.3 Å². The number of hydrogen-bond acceptors (Lipinski definition) is 5. The van der Waals surface area contributed by atoms with Gasteiger partial charge in [0.2, 0.25) is 0 Å². The molecule has 0 radical (unpaired) electrons. The van der Waals surface area contributed by atoms with E-state index in [2.05, 4.69) is 24.1 Å². The lowest BCUT2D eigenvalue weighted by Gasteiger charge is -2.43. The number of hydrogen-bond donors (Lipinski definition) is 1. The summed E-state index contributed by atoms with van der Waals surface area (Å²) in [4.78, 5) is 14.9. The first kappa shape index (κ1) is 19.0. The Hall–Kier alpha value is -2.73. The molecule has 0 bridgehead atoms. The molecule has 1 heterocycles. The Bertz CT molecular complexity index is 802. The lowest BCUT2D eigenvalue weighted by molar-refractivity contribution is 0.0644. The zero-order chi connectivity index (χ0) is 19.4. The Kier molecular flexibility index (Phi) is 5.56. The van der Waals surface area contributed by atoms with E-state index >= 15 is 0 Å². The lowest BCUT2D eigenvalue weighted by atomic mass is 10.0. The summed E-state index contributed by atoms with van der Waals surface area (Å²) in [6.45, 7) is 6.61. The molecule has 1 N–H and O–H groups in total. The summed E-state index contributed by atoms with van der Waals surface area (Å²) in [5.41, 5.74) is 2.31. The van der Waals surface area contributed by atoms with Gasteiger partial charge in [-0.2, -0.15) is 0 Å². The van der Waals surface area contributed by atoms with E-state index < -0.39 is 0 Å². The van der Waals surface area contributed by atoms with Crippen LogP contribution in [0, 0.1) is 0 Å². The molecule has 1 amide bonds. The zero-order valence-electron chi connectivity index (χ0n) is 16.2. The number of benzene rings is 2. The van der Waals surface area contributed by atoms with E-state index in [0.29, 0.717) is 23.7 Å². The van der Waals surface area contributed by atoms with Crippen LogP contribution in [0.1, 0.15) is 24.2 Å². The molecule has 1 saturated heterocycles. The molecule has 6 heteroatoms. The van der Waals surface area contributed by atoms with Crippen LogP contribution >= 0.6 is 0 Å². The molecule has 2 aromatic rings. The average molecular weight is 370 g/mol. The maximum atomic E-state index is 12.5. The monoisotopic (exact) mass is 370 g/mol. The fraction of sp³-hybridized carbons (Fsp3) is 0.381. The van der Waals surface area contributed by atoms with E-state index in [1.807, 2.05) is 24.3 Å². The second-order valence-electron chi connectivity index (χ2n) is 7.09. The molecule has 0 saturated carbocycles. The van der Waals surface area contributed by atoms with Gasteiger partial charge in [-0.1, -0.05) is 0 Å². The number of rotatable bonds is 5. The smallest absolute Gasteiger partial charge is 0.255 e. The Labute approximate surface area is 160 Å². The molecular weight excluding hydrogens is 344 g/mol. The maximum absolute atomic E-state index is 12.5. The molecule has 27 heavy (non-hydrogen) atoms. The number of amides is 1. The number of nitrogens with one attached hydrogen (secondary N) is 1. The number of ether oxygens (including phenoxy) is 3.